The number of likely N-dealkylation sites (tertiary alicyclic amines) is 1. The summed E-state index contributed by atoms with van der Waals surface area (Å²) in [4.78, 5) is 15.1. The molecule has 1 aliphatic heterocycles. The Balaban J connectivity index is 2.08. The number of hydrogen-bond donors (Lipinski definition) is 1. The van der Waals surface area contributed by atoms with E-state index >= 15 is 0 Å². The Morgan fingerprint density at radius 2 is 2.44 bits per heavy atom. The van der Waals surface area contributed by atoms with Crippen LogP contribution in [0.2, 0.25) is 0 Å². The van der Waals surface area contributed by atoms with E-state index in [0.717, 1.165) is 49.3 Å². The zero-order valence-corrected chi connectivity index (χ0v) is 11.6. The Bertz CT molecular complexity index is 407. The molecule has 1 amide bonds. The largest absolute Gasteiger partial charge is 0.338 e. The highest BCUT2D eigenvalue weighted by atomic mass is 32.1. The van der Waals surface area contributed by atoms with E-state index in [0.29, 0.717) is 12.5 Å². The lowest BCUT2D eigenvalue weighted by Gasteiger charge is -2.31. The van der Waals surface area contributed by atoms with Gasteiger partial charge in [0.1, 0.15) is 4.88 Å². The van der Waals surface area contributed by atoms with Gasteiger partial charge < -0.3 is 10.6 Å². The number of aromatic nitrogens is 2. The van der Waals surface area contributed by atoms with Crippen molar-refractivity contribution in [2.45, 2.75) is 32.6 Å². The number of rotatable bonds is 4. The first-order chi connectivity index (χ1) is 8.76. The Kier molecular flexibility index (Phi) is 4.66. The molecule has 0 aliphatic carbocycles. The van der Waals surface area contributed by atoms with E-state index in [1.165, 1.54) is 11.5 Å². The van der Waals surface area contributed by atoms with Gasteiger partial charge in [-0.2, -0.15) is 0 Å². The van der Waals surface area contributed by atoms with Crippen LogP contribution >= 0.6 is 11.5 Å². The van der Waals surface area contributed by atoms with Gasteiger partial charge in [-0.05, 0) is 43.3 Å². The first kappa shape index (κ1) is 13.4. The van der Waals surface area contributed by atoms with Crippen LogP contribution in [0.5, 0.6) is 0 Å². The third kappa shape index (κ3) is 2.87. The molecule has 0 spiro atoms. The maximum absolute atomic E-state index is 12.4. The van der Waals surface area contributed by atoms with Gasteiger partial charge in [-0.3, -0.25) is 4.79 Å². The molecule has 0 saturated carbocycles. The SMILES string of the molecule is CCCc1nnsc1C(=O)N1CCCC(CN)C1. The smallest absolute Gasteiger partial charge is 0.267 e. The van der Waals surface area contributed by atoms with E-state index in [9.17, 15) is 4.79 Å². The third-order valence-electron chi connectivity index (χ3n) is 3.38. The summed E-state index contributed by atoms with van der Waals surface area (Å²) in [6.07, 6.45) is 3.98. The van der Waals surface area contributed by atoms with E-state index < -0.39 is 0 Å². The summed E-state index contributed by atoms with van der Waals surface area (Å²) < 4.78 is 3.92. The van der Waals surface area contributed by atoms with Crippen LogP contribution in [-0.4, -0.2) is 40.0 Å². The monoisotopic (exact) mass is 268 g/mol. The van der Waals surface area contributed by atoms with E-state index in [2.05, 4.69) is 16.5 Å². The van der Waals surface area contributed by atoms with E-state index in [-0.39, 0.29) is 5.91 Å². The number of carbonyl (C=O) groups excluding carboxylic acids is 1. The summed E-state index contributed by atoms with van der Waals surface area (Å²) in [6.45, 7) is 4.35. The summed E-state index contributed by atoms with van der Waals surface area (Å²) in [6, 6.07) is 0. The Morgan fingerprint density at radius 1 is 1.61 bits per heavy atom. The van der Waals surface area contributed by atoms with Crippen molar-refractivity contribution in [1.29, 1.82) is 0 Å². The highest BCUT2D eigenvalue weighted by molar-refractivity contribution is 7.08. The van der Waals surface area contributed by atoms with Crippen LogP contribution in [0.4, 0.5) is 0 Å². The minimum atomic E-state index is 0.0894. The normalized spacial score (nSPS) is 20.1. The lowest BCUT2D eigenvalue weighted by Crippen LogP contribution is -2.42. The van der Waals surface area contributed by atoms with Crippen LogP contribution in [0.1, 0.15) is 41.6 Å². The molecule has 5 nitrogen and oxygen atoms in total. The molecule has 0 radical (unpaired) electrons. The summed E-state index contributed by atoms with van der Waals surface area (Å²) in [7, 11) is 0. The van der Waals surface area contributed by atoms with Crippen molar-refractivity contribution in [1.82, 2.24) is 14.5 Å². The van der Waals surface area contributed by atoms with Crippen LogP contribution in [0, 0.1) is 5.92 Å². The van der Waals surface area contributed by atoms with Gasteiger partial charge in [-0.1, -0.05) is 17.8 Å². The molecule has 0 aromatic carbocycles. The molecule has 2 heterocycles. The first-order valence-corrected chi connectivity index (χ1v) is 7.34. The number of carbonyl (C=O) groups is 1. The van der Waals surface area contributed by atoms with Gasteiger partial charge in [0.05, 0.1) is 5.69 Å². The Hall–Kier alpha value is -1.01. The van der Waals surface area contributed by atoms with Crippen molar-refractivity contribution in [3.63, 3.8) is 0 Å². The molecule has 1 aromatic heterocycles. The molecule has 1 atom stereocenters. The first-order valence-electron chi connectivity index (χ1n) is 6.56. The van der Waals surface area contributed by atoms with Crippen molar-refractivity contribution in [2.24, 2.45) is 11.7 Å². The van der Waals surface area contributed by atoms with E-state index in [1.807, 2.05) is 4.90 Å². The van der Waals surface area contributed by atoms with Gasteiger partial charge in [-0.25, -0.2) is 0 Å². The Morgan fingerprint density at radius 3 is 3.17 bits per heavy atom. The summed E-state index contributed by atoms with van der Waals surface area (Å²) in [5.74, 6) is 0.532. The number of aryl methyl sites for hydroxylation is 1. The fourth-order valence-corrected chi connectivity index (χ4v) is 3.03. The number of piperidine rings is 1. The fraction of sp³-hybridized carbons (Fsp3) is 0.750. The lowest BCUT2D eigenvalue weighted by molar-refractivity contribution is 0.0682. The Labute approximate surface area is 112 Å². The van der Waals surface area contributed by atoms with Gasteiger partial charge in [0.2, 0.25) is 0 Å². The van der Waals surface area contributed by atoms with Crippen molar-refractivity contribution < 1.29 is 4.79 Å². The minimum absolute atomic E-state index is 0.0894. The van der Waals surface area contributed by atoms with Gasteiger partial charge in [-0.15, -0.1) is 5.10 Å². The molecule has 6 heteroatoms. The molecule has 0 bridgehead atoms. The molecule has 2 rings (SSSR count). The zero-order valence-electron chi connectivity index (χ0n) is 10.8. The molecule has 100 valence electrons. The summed E-state index contributed by atoms with van der Waals surface area (Å²) >= 11 is 1.22. The van der Waals surface area contributed by atoms with Crippen molar-refractivity contribution >= 4 is 17.4 Å². The molecule has 18 heavy (non-hydrogen) atoms. The highest BCUT2D eigenvalue weighted by Crippen LogP contribution is 2.21. The lowest BCUT2D eigenvalue weighted by atomic mass is 9.98. The van der Waals surface area contributed by atoms with Crippen LogP contribution in [0.3, 0.4) is 0 Å². The predicted molar refractivity (Wildman–Crippen MR) is 71.6 cm³/mol. The highest BCUT2D eigenvalue weighted by Gasteiger charge is 2.26. The summed E-state index contributed by atoms with van der Waals surface area (Å²) in [5, 5.41) is 4.06. The molecule has 2 N–H and O–H groups in total. The quantitative estimate of drug-likeness (QED) is 0.893. The zero-order chi connectivity index (χ0) is 13.0. The van der Waals surface area contributed by atoms with Crippen molar-refractivity contribution in [3.8, 4) is 0 Å². The summed E-state index contributed by atoms with van der Waals surface area (Å²) in [5.41, 5.74) is 6.55. The maximum atomic E-state index is 12.4. The number of nitrogens with zero attached hydrogens (tertiary/aromatic N) is 3. The number of hydrogen-bond acceptors (Lipinski definition) is 5. The van der Waals surface area contributed by atoms with Gasteiger partial charge in [0.15, 0.2) is 0 Å². The number of amides is 1. The second-order valence-corrected chi connectivity index (χ2v) is 5.55. The molecule has 1 fully saturated rings. The van der Waals surface area contributed by atoms with E-state index in [1.54, 1.807) is 0 Å². The van der Waals surface area contributed by atoms with Crippen LogP contribution in [0.15, 0.2) is 0 Å². The van der Waals surface area contributed by atoms with E-state index in [4.69, 9.17) is 5.73 Å². The van der Waals surface area contributed by atoms with Crippen LogP contribution in [0.25, 0.3) is 0 Å². The molecule has 1 saturated heterocycles. The fourth-order valence-electron chi connectivity index (χ4n) is 2.36. The second kappa shape index (κ2) is 6.24. The van der Waals surface area contributed by atoms with Crippen LogP contribution < -0.4 is 5.73 Å². The van der Waals surface area contributed by atoms with Crippen molar-refractivity contribution in [2.75, 3.05) is 19.6 Å². The number of nitrogens with two attached hydrogens (primary N) is 1. The second-order valence-electron chi connectivity index (χ2n) is 4.79. The average Bonchev–Trinajstić information content (AvgIpc) is 2.86. The minimum Gasteiger partial charge on any atom is -0.338 e. The molecular formula is C12H20N4OS. The average molecular weight is 268 g/mol. The predicted octanol–water partition coefficient (Wildman–Crippen LogP) is 1.30. The van der Waals surface area contributed by atoms with Gasteiger partial charge >= 0.3 is 0 Å². The standard InChI is InChI=1S/C12H20N4OS/c1-2-4-10-11(18-15-14-10)12(17)16-6-3-5-9(7-13)8-16/h9H,2-8,13H2,1H3. The maximum Gasteiger partial charge on any atom is 0.267 e. The molecular weight excluding hydrogens is 248 g/mol. The van der Waals surface area contributed by atoms with Gasteiger partial charge in [0.25, 0.3) is 5.91 Å². The van der Waals surface area contributed by atoms with Crippen LogP contribution in [-0.2, 0) is 6.42 Å². The third-order valence-corrected chi connectivity index (χ3v) is 4.13. The topological polar surface area (TPSA) is 72.1 Å². The molecule has 1 aromatic rings. The molecule has 1 aliphatic rings. The molecule has 1 unspecified atom stereocenters. The van der Waals surface area contributed by atoms with Gasteiger partial charge in [0, 0.05) is 13.1 Å². The van der Waals surface area contributed by atoms with Crippen molar-refractivity contribution in [3.05, 3.63) is 10.6 Å².